The standard InChI is InChI=1S/C14H20N4O4.CH2O2/c19-6-8-9-5-18(7-14(9)4-3-10(8)22-14)12(20)2-1-11-15-13(21)17-16-11;2-1-3/h8-10,19H,1-7H2,(H2,15,16,17,21);1H,(H,2,3)/t8-,9+,10+,14+;/m1./s1. The van der Waals surface area contributed by atoms with Crippen molar-refractivity contribution in [1.29, 1.82) is 0 Å². The summed E-state index contributed by atoms with van der Waals surface area (Å²) in [6.07, 6.45) is 2.87. The molecule has 3 aliphatic heterocycles. The highest BCUT2D eigenvalue weighted by atomic mass is 16.5. The van der Waals surface area contributed by atoms with Crippen LogP contribution in [0.5, 0.6) is 0 Å². The molecule has 3 fully saturated rings. The second kappa shape index (κ2) is 6.96. The Kier molecular flexibility index (Phi) is 4.91. The van der Waals surface area contributed by atoms with Gasteiger partial charge in [-0.1, -0.05) is 0 Å². The zero-order chi connectivity index (χ0) is 18.0. The minimum Gasteiger partial charge on any atom is -0.483 e. The van der Waals surface area contributed by atoms with E-state index >= 15 is 0 Å². The van der Waals surface area contributed by atoms with Crippen LogP contribution >= 0.6 is 0 Å². The van der Waals surface area contributed by atoms with Gasteiger partial charge in [0.05, 0.1) is 18.2 Å². The van der Waals surface area contributed by atoms with E-state index in [0.717, 1.165) is 12.8 Å². The largest absolute Gasteiger partial charge is 0.483 e. The highest BCUT2D eigenvalue weighted by Crippen LogP contribution is 2.54. The number of hydrogen-bond acceptors (Lipinski definition) is 6. The number of H-pyrrole nitrogens is 2. The average Bonchev–Trinajstić information content (AvgIpc) is 3.32. The molecular formula is C15H22N4O6. The normalized spacial score (nSPS) is 32.2. The number of aliphatic hydroxyl groups excluding tert-OH is 1. The van der Waals surface area contributed by atoms with Crippen LogP contribution in [0.4, 0.5) is 0 Å². The van der Waals surface area contributed by atoms with Crippen LogP contribution in [-0.2, 0) is 20.7 Å². The first kappa shape index (κ1) is 17.6. The Morgan fingerprint density at radius 1 is 1.52 bits per heavy atom. The summed E-state index contributed by atoms with van der Waals surface area (Å²) < 4.78 is 6.12. The van der Waals surface area contributed by atoms with Crippen LogP contribution in [0.15, 0.2) is 4.79 Å². The van der Waals surface area contributed by atoms with Crippen molar-refractivity contribution in [2.24, 2.45) is 11.8 Å². The molecule has 0 aliphatic carbocycles. The van der Waals surface area contributed by atoms with Gasteiger partial charge in [0, 0.05) is 37.8 Å². The number of rotatable bonds is 4. The average molecular weight is 354 g/mol. The van der Waals surface area contributed by atoms with Gasteiger partial charge in [0.15, 0.2) is 0 Å². The zero-order valence-corrected chi connectivity index (χ0v) is 13.7. The van der Waals surface area contributed by atoms with Gasteiger partial charge in [-0.2, -0.15) is 5.10 Å². The number of nitrogens with zero attached hydrogens (tertiary/aromatic N) is 2. The molecule has 1 spiro atoms. The summed E-state index contributed by atoms with van der Waals surface area (Å²) in [5.74, 6) is 0.970. The predicted octanol–water partition coefficient (Wildman–Crippen LogP) is -1.27. The Balaban J connectivity index is 0.000000569. The lowest BCUT2D eigenvalue weighted by Crippen LogP contribution is -2.38. The van der Waals surface area contributed by atoms with Crippen molar-refractivity contribution in [1.82, 2.24) is 20.1 Å². The number of carbonyl (C=O) groups excluding carboxylic acids is 1. The van der Waals surface area contributed by atoms with Crippen molar-refractivity contribution in [2.75, 3.05) is 19.7 Å². The number of aromatic nitrogens is 3. The molecule has 25 heavy (non-hydrogen) atoms. The number of carbonyl (C=O) groups is 2. The number of aliphatic hydroxyl groups is 1. The Morgan fingerprint density at radius 2 is 2.28 bits per heavy atom. The van der Waals surface area contributed by atoms with Gasteiger partial charge in [0.25, 0.3) is 6.47 Å². The van der Waals surface area contributed by atoms with Crippen LogP contribution in [0.2, 0.25) is 0 Å². The van der Waals surface area contributed by atoms with Crippen molar-refractivity contribution < 1.29 is 24.5 Å². The van der Waals surface area contributed by atoms with Crippen LogP contribution in [-0.4, -0.2) is 74.1 Å². The molecule has 4 heterocycles. The van der Waals surface area contributed by atoms with Gasteiger partial charge in [0.2, 0.25) is 5.91 Å². The Bertz CT molecular complexity index is 688. The third kappa shape index (κ3) is 3.19. The Labute approximate surface area is 143 Å². The smallest absolute Gasteiger partial charge is 0.340 e. The molecule has 10 nitrogen and oxygen atoms in total. The third-order valence-electron chi connectivity index (χ3n) is 5.47. The molecule has 1 aromatic heterocycles. The lowest BCUT2D eigenvalue weighted by Gasteiger charge is -2.27. The van der Waals surface area contributed by atoms with E-state index in [4.69, 9.17) is 14.6 Å². The summed E-state index contributed by atoms with van der Waals surface area (Å²) >= 11 is 0. The number of hydrogen-bond donors (Lipinski definition) is 4. The number of aromatic amines is 2. The van der Waals surface area contributed by atoms with Crippen LogP contribution in [0, 0.1) is 11.8 Å². The molecule has 0 aromatic carbocycles. The van der Waals surface area contributed by atoms with Crippen LogP contribution < -0.4 is 5.69 Å². The fourth-order valence-electron chi connectivity index (χ4n) is 4.43. The van der Waals surface area contributed by atoms with E-state index in [1.165, 1.54) is 0 Å². The van der Waals surface area contributed by atoms with E-state index in [0.29, 0.717) is 31.8 Å². The molecule has 4 N–H and O–H groups in total. The minimum absolute atomic E-state index is 0.0522. The van der Waals surface area contributed by atoms with Gasteiger partial charge in [0.1, 0.15) is 5.82 Å². The molecule has 3 saturated heterocycles. The van der Waals surface area contributed by atoms with Crippen molar-refractivity contribution >= 4 is 12.4 Å². The van der Waals surface area contributed by atoms with Gasteiger partial charge in [-0.25, -0.2) is 9.89 Å². The van der Waals surface area contributed by atoms with Crippen LogP contribution in [0.3, 0.4) is 0 Å². The van der Waals surface area contributed by atoms with E-state index < -0.39 is 0 Å². The molecule has 3 aliphatic rings. The van der Waals surface area contributed by atoms with E-state index in [1.54, 1.807) is 0 Å². The van der Waals surface area contributed by atoms with E-state index in [1.807, 2.05) is 4.90 Å². The first-order chi connectivity index (χ1) is 12.0. The van der Waals surface area contributed by atoms with Gasteiger partial charge < -0.3 is 19.8 Å². The van der Waals surface area contributed by atoms with Gasteiger partial charge in [-0.05, 0) is 12.8 Å². The maximum atomic E-state index is 12.4. The molecule has 4 atom stereocenters. The summed E-state index contributed by atoms with van der Waals surface area (Å²) in [5, 5.41) is 22.6. The highest BCUT2D eigenvalue weighted by molar-refractivity contribution is 5.77. The minimum atomic E-state index is -0.353. The fraction of sp³-hybridized carbons (Fsp3) is 0.733. The van der Waals surface area contributed by atoms with E-state index in [9.17, 15) is 14.7 Å². The van der Waals surface area contributed by atoms with Gasteiger partial charge in [-0.15, -0.1) is 0 Å². The molecule has 0 unspecified atom stereocenters. The monoisotopic (exact) mass is 354 g/mol. The SMILES string of the molecule is O=C(CCc1n[nH]c(=O)[nH]1)N1C[C@H]2[C@@H](CO)[C@@H]3CC[C@@]2(C1)O3.O=CO. The maximum Gasteiger partial charge on any atom is 0.340 e. The number of fused-ring (bicyclic) bond motifs is 1. The van der Waals surface area contributed by atoms with Crippen molar-refractivity contribution in [3.05, 3.63) is 16.3 Å². The number of likely N-dealkylation sites (tertiary alicyclic amines) is 1. The first-order valence-corrected chi connectivity index (χ1v) is 8.31. The molecule has 10 heteroatoms. The lowest BCUT2D eigenvalue weighted by atomic mass is 9.74. The van der Waals surface area contributed by atoms with Gasteiger partial charge >= 0.3 is 5.69 Å². The lowest BCUT2D eigenvalue weighted by molar-refractivity contribution is -0.131. The van der Waals surface area contributed by atoms with E-state index in [-0.39, 0.29) is 48.2 Å². The second-order valence-electron chi connectivity index (χ2n) is 6.72. The van der Waals surface area contributed by atoms with Crippen molar-refractivity contribution in [3.63, 3.8) is 0 Å². The first-order valence-electron chi connectivity index (χ1n) is 8.31. The van der Waals surface area contributed by atoms with E-state index in [2.05, 4.69) is 15.2 Å². The summed E-state index contributed by atoms with van der Waals surface area (Å²) in [7, 11) is 0. The topological polar surface area (TPSA) is 149 Å². The summed E-state index contributed by atoms with van der Waals surface area (Å²) in [6, 6.07) is 0. The maximum absolute atomic E-state index is 12.4. The Morgan fingerprint density at radius 3 is 2.92 bits per heavy atom. The van der Waals surface area contributed by atoms with Crippen molar-refractivity contribution in [3.8, 4) is 0 Å². The quantitative estimate of drug-likeness (QED) is 0.493. The van der Waals surface area contributed by atoms with Crippen LogP contribution in [0.1, 0.15) is 25.1 Å². The molecular weight excluding hydrogens is 332 g/mol. The molecule has 1 aromatic rings. The zero-order valence-electron chi connectivity index (χ0n) is 13.7. The number of carboxylic acid groups (broad SMARTS) is 1. The number of amides is 1. The number of ether oxygens (including phenoxy) is 1. The summed E-state index contributed by atoms with van der Waals surface area (Å²) in [5.41, 5.74) is -0.581. The third-order valence-corrected chi connectivity index (χ3v) is 5.47. The molecule has 1 amide bonds. The number of nitrogens with one attached hydrogen (secondary N) is 2. The highest BCUT2D eigenvalue weighted by Gasteiger charge is 2.63. The van der Waals surface area contributed by atoms with Crippen LogP contribution in [0.25, 0.3) is 0 Å². The molecule has 138 valence electrons. The second-order valence-corrected chi connectivity index (χ2v) is 6.72. The predicted molar refractivity (Wildman–Crippen MR) is 83.7 cm³/mol. The van der Waals surface area contributed by atoms with Crippen molar-refractivity contribution in [2.45, 2.75) is 37.4 Å². The summed E-state index contributed by atoms with van der Waals surface area (Å²) in [6.45, 7) is 1.17. The molecule has 4 rings (SSSR count). The fourth-order valence-corrected chi connectivity index (χ4v) is 4.43. The Hall–Kier alpha value is -2.20. The summed E-state index contributed by atoms with van der Waals surface area (Å²) in [4.78, 5) is 36.1. The van der Waals surface area contributed by atoms with Gasteiger partial charge in [-0.3, -0.25) is 14.6 Å². The molecule has 0 radical (unpaired) electrons. The number of aryl methyl sites for hydroxylation is 1. The molecule has 0 saturated carbocycles. The molecule has 2 bridgehead atoms.